The molecule has 2 aromatic heterocycles. The number of hydrogen-bond donors (Lipinski definition) is 1. The number of ether oxygens (including phenoxy) is 1. The molecule has 0 fully saturated rings. The molecule has 0 saturated heterocycles. The monoisotopic (exact) mass is 285 g/mol. The molecule has 0 unspecified atom stereocenters. The Morgan fingerprint density at radius 2 is 2.14 bits per heavy atom. The summed E-state index contributed by atoms with van der Waals surface area (Å²) in [6, 6.07) is 5.99. The van der Waals surface area contributed by atoms with Gasteiger partial charge in [-0.1, -0.05) is 0 Å². The van der Waals surface area contributed by atoms with Gasteiger partial charge in [-0.05, 0) is 18.2 Å². The Morgan fingerprint density at radius 1 is 1.29 bits per heavy atom. The Labute approximate surface area is 120 Å². The van der Waals surface area contributed by atoms with E-state index in [4.69, 9.17) is 10.5 Å². The van der Waals surface area contributed by atoms with E-state index in [0.29, 0.717) is 11.4 Å². The lowest BCUT2D eigenvalue weighted by atomic mass is 10.2. The maximum atomic E-state index is 13.1. The van der Waals surface area contributed by atoms with Gasteiger partial charge in [-0.15, -0.1) is 0 Å². The molecule has 106 valence electrons. The highest BCUT2D eigenvalue weighted by atomic mass is 19.1. The van der Waals surface area contributed by atoms with Crippen LogP contribution in [-0.2, 0) is 7.05 Å². The Balaban J connectivity index is 1.87. The van der Waals surface area contributed by atoms with Crippen molar-refractivity contribution in [1.82, 2.24) is 19.7 Å². The Kier molecular flexibility index (Phi) is 3.23. The van der Waals surface area contributed by atoms with E-state index in [1.54, 1.807) is 23.1 Å². The van der Waals surface area contributed by atoms with Crippen molar-refractivity contribution >= 4 is 5.69 Å². The number of hydrogen-bond acceptors (Lipinski definition) is 5. The van der Waals surface area contributed by atoms with Gasteiger partial charge in [0.05, 0.1) is 17.6 Å². The molecule has 0 atom stereocenters. The summed E-state index contributed by atoms with van der Waals surface area (Å²) in [6.07, 6.45) is 5.11. The van der Waals surface area contributed by atoms with E-state index >= 15 is 0 Å². The third-order valence-electron chi connectivity index (χ3n) is 2.81. The number of nitrogen functional groups attached to an aromatic ring is 1. The molecule has 7 heteroatoms. The summed E-state index contributed by atoms with van der Waals surface area (Å²) >= 11 is 0. The van der Waals surface area contributed by atoms with E-state index in [1.807, 2.05) is 13.2 Å². The van der Waals surface area contributed by atoms with Crippen molar-refractivity contribution < 1.29 is 9.13 Å². The minimum absolute atomic E-state index is 0.0101. The van der Waals surface area contributed by atoms with Gasteiger partial charge in [0.2, 0.25) is 0 Å². The largest absolute Gasteiger partial charge is 0.424 e. The summed E-state index contributed by atoms with van der Waals surface area (Å²) < 4.78 is 20.3. The van der Waals surface area contributed by atoms with Gasteiger partial charge in [0.1, 0.15) is 11.6 Å². The molecule has 0 aliphatic rings. The minimum Gasteiger partial charge on any atom is -0.424 e. The fourth-order valence-corrected chi connectivity index (χ4v) is 1.79. The van der Waals surface area contributed by atoms with Crippen LogP contribution in [0.3, 0.4) is 0 Å². The number of halogens is 1. The van der Waals surface area contributed by atoms with Crippen LogP contribution >= 0.6 is 0 Å². The lowest BCUT2D eigenvalue weighted by Gasteiger charge is -2.05. The fourth-order valence-electron chi connectivity index (χ4n) is 1.79. The fraction of sp³-hybridized carbons (Fsp3) is 0.0714. The Morgan fingerprint density at radius 3 is 2.86 bits per heavy atom. The van der Waals surface area contributed by atoms with Crippen LogP contribution in [0.2, 0.25) is 0 Å². The molecule has 0 bridgehead atoms. The number of aromatic nitrogens is 4. The highest BCUT2D eigenvalue weighted by Crippen LogP contribution is 2.24. The first-order chi connectivity index (χ1) is 10.1. The number of anilines is 1. The zero-order valence-electron chi connectivity index (χ0n) is 11.2. The second-order valence-corrected chi connectivity index (χ2v) is 4.41. The third kappa shape index (κ3) is 2.81. The lowest BCUT2D eigenvalue weighted by molar-refractivity contribution is 0.441. The minimum atomic E-state index is -0.493. The van der Waals surface area contributed by atoms with Crippen LogP contribution in [-0.4, -0.2) is 19.7 Å². The third-order valence-corrected chi connectivity index (χ3v) is 2.81. The van der Waals surface area contributed by atoms with E-state index in [9.17, 15) is 4.39 Å². The molecular formula is C14H12FN5O. The number of aryl methyl sites for hydroxylation is 1. The second-order valence-electron chi connectivity index (χ2n) is 4.41. The average molecular weight is 285 g/mol. The average Bonchev–Trinajstić information content (AvgIpc) is 2.90. The van der Waals surface area contributed by atoms with Gasteiger partial charge in [0, 0.05) is 31.1 Å². The molecule has 0 spiro atoms. The van der Waals surface area contributed by atoms with Crippen molar-refractivity contribution in [3.05, 3.63) is 48.7 Å². The van der Waals surface area contributed by atoms with Crippen LogP contribution in [0, 0.1) is 5.82 Å². The van der Waals surface area contributed by atoms with Crippen LogP contribution in [0.4, 0.5) is 10.1 Å². The van der Waals surface area contributed by atoms with Crippen LogP contribution in [0.1, 0.15) is 0 Å². The second kappa shape index (κ2) is 5.20. The maximum Gasteiger partial charge on any atom is 0.322 e. The summed E-state index contributed by atoms with van der Waals surface area (Å²) in [4.78, 5) is 8.31. The topological polar surface area (TPSA) is 78.9 Å². The maximum absolute atomic E-state index is 13.1. The molecule has 1 aromatic carbocycles. The van der Waals surface area contributed by atoms with Gasteiger partial charge in [0.15, 0.2) is 0 Å². The van der Waals surface area contributed by atoms with Crippen LogP contribution in [0.25, 0.3) is 11.3 Å². The van der Waals surface area contributed by atoms with Gasteiger partial charge in [0.25, 0.3) is 0 Å². The van der Waals surface area contributed by atoms with Crippen molar-refractivity contribution in [3.63, 3.8) is 0 Å². The molecule has 6 nitrogen and oxygen atoms in total. The van der Waals surface area contributed by atoms with Gasteiger partial charge in [-0.3, -0.25) is 4.68 Å². The van der Waals surface area contributed by atoms with E-state index in [0.717, 1.165) is 5.56 Å². The smallest absolute Gasteiger partial charge is 0.322 e. The predicted molar refractivity (Wildman–Crippen MR) is 75.1 cm³/mol. The predicted octanol–water partition coefficient (Wildman–Crippen LogP) is 2.39. The van der Waals surface area contributed by atoms with E-state index in [-0.39, 0.29) is 11.7 Å². The zero-order chi connectivity index (χ0) is 14.8. The Hall–Kier alpha value is -2.96. The summed E-state index contributed by atoms with van der Waals surface area (Å²) in [5.74, 6) is -0.121. The van der Waals surface area contributed by atoms with Crippen molar-refractivity contribution in [2.75, 3.05) is 5.73 Å². The highest BCUT2D eigenvalue weighted by molar-refractivity contribution is 5.56. The molecule has 0 aliphatic heterocycles. The number of nitrogens with zero attached hydrogens (tertiary/aromatic N) is 4. The van der Waals surface area contributed by atoms with Crippen molar-refractivity contribution in [2.45, 2.75) is 0 Å². The van der Waals surface area contributed by atoms with E-state index in [2.05, 4.69) is 15.1 Å². The first-order valence-corrected chi connectivity index (χ1v) is 6.17. The molecule has 3 rings (SSSR count). The SMILES string of the molecule is Cn1cc(-c2ccnc(Oc3ccc(F)c(N)c3)n2)cn1. The molecule has 0 saturated carbocycles. The van der Waals surface area contributed by atoms with Gasteiger partial charge in [-0.2, -0.15) is 10.1 Å². The van der Waals surface area contributed by atoms with E-state index < -0.39 is 5.82 Å². The molecule has 3 aromatic rings. The Bertz CT molecular complexity index is 787. The molecule has 0 amide bonds. The first-order valence-electron chi connectivity index (χ1n) is 6.17. The first kappa shape index (κ1) is 13.0. The normalized spacial score (nSPS) is 10.6. The molecule has 2 N–H and O–H groups in total. The molecule has 0 aliphatic carbocycles. The summed E-state index contributed by atoms with van der Waals surface area (Å²) in [5.41, 5.74) is 7.04. The van der Waals surface area contributed by atoms with Crippen molar-refractivity contribution in [1.29, 1.82) is 0 Å². The number of rotatable bonds is 3. The van der Waals surface area contributed by atoms with Crippen LogP contribution in [0.15, 0.2) is 42.9 Å². The van der Waals surface area contributed by atoms with Crippen LogP contribution < -0.4 is 10.5 Å². The van der Waals surface area contributed by atoms with E-state index in [1.165, 1.54) is 18.2 Å². The lowest BCUT2D eigenvalue weighted by Crippen LogP contribution is -1.95. The number of nitrogens with two attached hydrogens (primary N) is 1. The molecule has 2 heterocycles. The standard InChI is InChI=1S/C14H12FN5O/c1-20-8-9(7-18-20)13-4-5-17-14(19-13)21-10-2-3-11(15)12(16)6-10/h2-8H,16H2,1H3. The van der Waals surface area contributed by atoms with Crippen molar-refractivity contribution in [3.8, 4) is 23.0 Å². The van der Waals surface area contributed by atoms with Gasteiger partial charge >= 0.3 is 6.01 Å². The van der Waals surface area contributed by atoms with Crippen LogP contribution in [0.5, 0.6) is 11.8 Å². The highest BCUT2D eigenvalue weighted by Gasteiger charge is 2.07. The zero-order valence-corrected chi connectivity index (χ0v) is 11.2. The quantitative estimate of drug-likeness (QED) is 0.747. The van der Waals surface area contributed by atoms with Gasteiger partial charge in [-0.25, -0.2) is 9.37 Å². The summed E-state index contributed by atoms with van der Waals surface area (Å²) in [7, 11) is 1.82. The van der Waals surface area contributed by atoms with Gasteiger partial charge < -0.3 is 10.5 Å². The summed E-state index contributed by atoms with van der Waals surface area (Å²) in [6.45, 7) is 0. The molecular weight excluding hydrogens is 273 g/mol. The van der Waals surface area contributed by atoms with Crippen molar-refractivity contribution in [2.24, 2.45) is 7.05 Å². The summed E-state index contributed by atoms with van der Waals surface area (Å²) in [5, 5.41) is 4.09. The number of benzene rings is 1. The molecule has 0 radical (unpaired) electrons. The molecule has 21 heavy (non-hydrogen) atoms.